The molecule has 5 rings (SSSR count). The number of β-amino-alcohol motifs (C(OH)–C–C–N with tert-alkyl or cyclic N) is 1. The summed E-state index contributed by atoms with van der Waals surface area (Å²) in [5.41, 5.74) is 4.33. The molecule has 0 radical (unpaired) electrons. The molecule has 0 fully saturated rings. The summed E-state index contributed by atoms with van der Waals surface area (Å²) in [6.45, 7) is 3.58. The van der Waals surface area contributed by atoms with Crippen LogP contribution in [0.15, 0.2) is 54.6 Å². The van der Waals surface area contributed by atoms with Crippen LogP contribution in [0.2, 0.25) is 0 Å². The third-order valence-corrected chi connectivity index (χ3v) is 8.13. The first-order valence-corrected chi connectivity index (χ1v) is 13.1. The summed E-state index contributed by atoms with van der Waals surface area (Å²) in [6, 6.07) is 17.4. The number of rotatable bonds is 7. The number of carbonyl (C=O) groups excluding carboxylic acids is 2. The number of ether oxygens (including phenoxy) is 1. The van der Waals surface area contributed by atoms with Crippen molar-refractivity contribution in [1.29, 1.82) is 0 Å². The SMILES string of the molecule is COc1ccc(C(=O)N2CCc3sc(C(=O)NCC(O)CN4CCc5ccccc5C4)cc3C2)cc1. The summed E-state index contributed by atoms with van der Waals surface area (Å²) in [7, 11) is 1.60. The van der Waals surface area contributed by atoms with E-state index in [1.54, 1.807) is 31.4 Å². The van der Waals surface area contributed by atoms with E-state index in [1.165, 1.54) is 22.5 Å². The lowest BCUT2D eigenvalue weighted by atomic mass is 10.00. The Hall–Kier alpha value is -3.20. The lowest BCUT2D eigenvalue weighted by Crippen LogP contribution is -2.41. The van der Waals surface area contributed by atoms with Gasteiger partial charge in [0, 0.05) is 49.7 Å². The second kappa shape index (κ2) is 10.8. The summed E-state index contributed by atoms with van der Waals surface area (Å²) in [5, 5.41) is 13.4. The first-order chi connectivity index (χ1) is 17.5. The number of fused-ring (bicyclic) bond motifs is 2. The molecule has 0 aliphatic carbocycles. The Morgan fingerprint density at radius 3 is 2.58 bits per heavy atom. The topological polar surface area (TPSA) is 82.1 Å². The number of hydrogen-bond donors (Lipinski definition) is 2. The number of benzene rings is 2. The number of aliphatic hydroxyl groups is 1. The third-order valence-electron chi connectivity index (χ3n) is 6.89. The van der Waals surface area contributed by atoms with Crippen molar-refractivity contribution in [2.75, 3.05) is 33.3 Å². The number of amides is 2. The van der Waals surface area contributed by atoms with Gasteiger partial charge in [-0.05, 0) is 59.9 Å². The molecule has 188 valence electrons. The molecule has 2 aliphatic heterocycles. The maximum Gasteiger partial charge on any atom is 0.261 e. The van der Waals surface area contributed by atoms with E-state index in [0.717, 1.165) is 36.4 Å². The normalized spacial score (nSPS) is 16.1. The Morgan fingerprint density at radius 2 is 1.81 bits per heavy atom. The van der Waals surface area contributed by atoms with Crippen LogP contribution in [0.3, 0.4) is 0 Å². The highest BCUT2D eigenvalue weighted by atomic mass is 32.1. The molecule has 0 saturated carbocycles. The Labute approximate surface area is 215 Å². The zero-order chi connectivity index (χ0) is 25.1. The number of carbonyl (C=O) groups is 2. The van der Waals surface area contributed by atoms with Crippen LogP contribution in [0.1, 0.15) is 41.6 Å². The van der Waals surface area contributed by atoms with Crippen LogP contribution in [0, 0.1) is 0 Å². The van der Waals surface area contributed by atoms with Crippen LogP contribution in [0.25, 0.3) is 0 Å². The van der Waals surface area contributed by atoms with Crippen molar-refractivity contribution in [2.24, 2.45) is 0 Å². The molecule has 3 aromatic rings. The van der Waals surface area contributed by atoms with E-state index in [0.29, 0.717) is 35.8 Å². The molecule has 8 heteroatoms. The summed E-state index contributed by atoms with van der Waals surface area (Å²) in [5.74, 6) is 0.516. The maximum atomic E-state index is 12.9. The van der Waals surface area contributed by atoms with E-state index in [1.807, 2.05) is 17.0 Å². The minimum absolute atomic E-state index is 0.0241. The van der Waals surface area contributed by atoms with Gasteiger partial charge >= 0.3 is 0 Å². The highest BCUT2D eigenvalue weighted by Gasteiger charge is 2.25. The molecule has 1 atom stereocenters. The van der Waals surface area contributed by atoms with Crippen molar-refractivity contribution in [3.63, 3.8) is 0 Å². The van der Waals surface area contributed by atoms with Crippen molar-refractivity contribution in [1.82, 2.24) is 15.1 Å². The highest BCUT2D eigenvalue weighted by molar-refractivity contribution is 7.14. The van der Waals surface area contributed by atoms with Crippen molar-refractivity contribution in [3.05, 3.63) is 86.6 Å². The maximum absolute atomic E-state index is 12.9. The quantitative estimate of drug-likeness (QED) is 0.516. The van der Waals surface area contributed by atoms with Gasteiger partial charge in [-0.15, -0.1) is 11.3 Å². The monoisotopic (exact) mass is 505 g/mol. The molecule has 2 amide bonds. The van der Waals surface area contributed by atoms with E-state index in [2.05, 4.69) is 28.4 Å². The minimum atomic E-state index is -0.633. The number of nitrogens with zero attached hydrogens (tertiary/aromatic N) is 2. The van der Waals surface area contributed by atoms with Crippen molar-refractivity contribution in [2.45, 2.75) is 32.0 Å². The first kappa shape index (κ1) is 24.5. The van der Waals surface area contributed by atoms with Gasteiger partial charge in [0.15, 0.2) is 0 Å². The predicted octanol–water partition coefficient (Wildman–Crippen LogP) is 3.10. The standard InChI is InChI=1S/C28H31N3O4S/c1-35-24-8-6-20(7-9-24)28(34)31-13-11-25-22(17-31)14-26(36-25)27(33)29-15-23(32)18-30-12-10-19-4-2-3-5-21(19)16-30/h2-9,14,23,32H,10-13,15-18H2,1H3,(H,29,33). The van der Waals surface area contributed by atoms with E-state index in [9.17, 15) is 14.7 Å². The van der Waals surface area contributed by atoms with E-state index >= 15 is 0 Å². The van der Waals surface area contributed by atoms with Crippen LogP contribution >= 0.6 is 11.3 Å². The van der Waals surface area contributed by atoms with Crippen LogP contribution in [-0.4, -0.2) is 66.1 Å². The lowest BCUT2D eigenvalue weighted by molar-refractivity contribution is 0.0735. The van der Waals surface area contributed by atoms with Crippen LogP contribution in [0.5, 0.6) is 5.75 Å². The second-order valence-electron chi connectivity index (χ2n) is 9.38. The lowest BCUT2D eigenvalue weighted by Gasteiger charge is -2.30. The largest absolute Gasteiger partial charge is 0.497 e. The van der Waals surface area contributed by atoms with E-state index in [4.69, 9.17) is 4.74 Å². The summed E-state index contributed by atoms with van der Waals surface area (Å²) >= 11 is 1.48. The Bertz CT molecular complexity index is 1240. The van der Waals surface area contributed by atoms with Crippen molar-refractivity contribution in [3.8, 4) is 5.75 Å². The van der Waals surface area contributed by atoms with Crippen molar-refractivity contribution >= 4 is 23.2 Å². The van der Waals surface area contributed by atoms with Gasteiger partial charge in [-0.2, -0.15) is 0 Å². The fourth-order valence-electron chi connectivity index (χ4n) is 4.90. The van der Waals surface area contributed by atoms with Gasteiger partial charge in [0.05, 0.1) is 18.1 Å². The molecular formula is C28H31N3O4S. The smallest absolute Gasteiger partial charge is 0.261 e. The van der Waals surface area contributed by atoms with Gasteiger partial charge in [-0.1, -0.05) is 24.3 Å². The molecule has 2 aliphatic rings. The van der Waals surface area contributed by atoms with Gasteiger partial charge < -0.3 is 20.1 Å². The molecule has 36 heavy (non-hydrogen) atoms. The summed E-state index contributed by atoms with van der Waals surface area (Å²) < 4.78 is 5.17. The average Bonchev–Trinajstić information content (AvgIpc) is 3.35. The fraction of sp³-hybridized carbons (Fsp3) is 0.357. The van der Waals surface area contributed by atoms with E-state index < -0.39 is 6.10 Å². The van der Waals surface area contributed by atoms with Gasteiger partial charge in [-0.3, -0.25) is 14.5 Å². The van der Waals surface area contributed by atoms with Gasteiger partial charge in [0.1, 0.15) is 5.75 Å². The zero-order valence-corrected chi connectivity index (χ0v) is 21.2. The van der Waals surface area contributed by atoms with E-state index in [-0.39, 0.29) is 18.4 Å². The Balaban J connectivity index is 1.13. The molecule has 3 heterocycles. The third kappa shape index (κ3) is 5.46. The molecular weight excluding hydrogens is 474 g/mol. The van der Waals surface area contributed by atoms with Crippen molar-refractivity contribution < 1.29 is 19.4 Å². The fourth-order valence-corrected chi connectivity index (χ4v) is 5.98. The van der Waals surface area contributed by atoms with Crippen LogP contribution in [0.4, 0.5) is 0 Å². The summed E-state index contributed by atoms with van der Waals surface area (Å²) in [4.78, 5) is 31.6. The number of nitrogens with one attached hydrogen (secondary N) is 1. The number of hydrogen-bond acceptors (Lipinski definition) is 6. The minimum Gasteiger partial charge on any atom is -0.497 e. The highest BCUT2D eigenvalue weighted by Crippen LogP contribution is 2.29. The number of aliphatic hydroxyl groups excluding tert-OH is 1. The van der Waals surface area contributed by atoms with Gasteiger partial charge in [0.2, 0.25) is 0 Å². The Kier molecular flexibility index (Phi) is 7.36. The van der Waals surface area contributed by atoms with Crippen LogP contribution < -0.4 is 10.1 Å². The average molecular weight is 506 g/mol. The zero-order valence-electron chi connectivity index (χ0n) is 20.4. The molecule has 2 aromatic carbocycles. The second-order valence-corrected chi connectivity index (χ2v) is 10.5. The molecule has 0 saturated heterocycles. The van der Waals surface area contributed by atoms with Gasteiger partial charge in [-0.25, -0.2) is 0 Å². The van der Waals surface area contributed by atoms with Gasteiger partial charge in [0.25, 0.3) is 11.8 Å². The molecule has 2 N–H and O–H groups in total. The molecule has 1 unspecified atom stereocenters. The Morgan fingerprint density at radius 1 is 1.03 bits per heavy atom. The molecule has 1 aromatic heterocycles. The first-order valence-electron chi connectivity index (χ1n) is 12.3. The molecule has 7 nitrogen and oxygen atoms in total. The number of methoxy groups -OCH3 is 1. The van der Waals surface area contributed by atoms with Crippen LogP contribution in [-0.2, 0) is 25.9 Å². The predicted molar refractivity (Wildman–Crippen MR) is 140 cm³/mol. The molecule has 0 spiro atoms. The number of thiophene rings is 1. The summed E-state index contributed by atoms with van der Waals surface area (Å²) in [6.07, 6.45) is 1.08. The molecule has 0 bridgehead atoms.